The molecular weight excluding hydrogens is 246 g/mol. The maximum atomic E-state index is 12.6. The number of methoxy groups -OCH3 is 1. The molecule has 0 saturated carbocycles. The summed E-state index contributed by atoms with van der Waals surface area (Å²) in [7, 11) is 1.55. The molecule has 5 nitrogen and oxygen atoms in total. The van der Waals surface area contributed by atoms with Crippen LogP contribution in [0.1, 0.15) is 52.4 Å². The number of hydrogen-bond acceptors (Lipinski definition) is 3. The van der Waals surface area contributed by atoms with Crippen molar-refractivity contribution in [3.8, 4) is 0 Å². The van der Waals surface area contributed by atoms with E-state index in [2.05, 4.69) is 0 Å². The van der Waals surface area contributed by atoms with Crippen LogP contribution in [0.25, 0.3) is 0 Å². The SMILES string of the molecule is CCC(C)(OC)C(=O)N1CCCCC1CCC(=O)O. The quantitative estimate of drug-likeness (QED) is 0.803. The molecule has 1 amide bonds. The maximum absolute atomic E-state index is 12.6. The minimum Gasteiger partial charge on any atom is -0.481 e. The molecule has 1 heterocycles. The predicted octanol–water partition coefficient (Wildman–Crippen LogP) is 2.05. The zero-order valence-corrected chi connectivity index (χ0v) is 12.1. The van der Waals surface area contributed by atoms with Crippen molar-refractivity contribution in [3.63, 3.8) is 0 Å². The van der Waals surface area contributed by atoms with E-state index in [4.69, 9.17) is 9.84 Å². The van der Waals surface area contributed by atoms with Gasteiger partial charge in [0.15, 0.2) is 0 Å². The average Bonchev–Trinajstić information content (AvgIpc) is 2.43. The number of carboxylic acids is 1. The first kappa shape index (κ1) is 16.0. The summed E-state index contributed by atoms with van der Waals surface area (Å²) in [6.07, 6.45) is 4.20. The van der Waals surface area contributed by atoms with Crippen LogP contribution in [0.5, 0.6) is 0 Å². The highest BCUT2D eigenvalue weighted by molar-refractivity contribution is 5.85. The van der Waals surface area contributed by atoms with Gasteiger partial charge in [-0.25, -0.2) is 0 Å². The number of aliphatic carboxylic acids is 1. The summed E-state index contributed by atoms with van der Waals surface area (Å²) in [5.41, 5.74) is -0.793. The van der Waals surface area contributed by atoms with Crippen molar-refractivity contribution in [2.75, 3.05) is 13.7 Å². The first-order valence-corrected chi connectivity index (χ1v) is 7.02. The molecule has 0 bridgehead atoms. The Morgan fingerprint density at radius 3 is 2.63 bits per heavy atom. The summed E-state index contributed by atoms with van der Waals surface area (Å²) in [5.74, 6) is -0.810. The van der Waals surface area contributed by atoms with E-state index in [1.165, 1.54) is 0 Å². The van der Waals surface area contributed by atoms with Gasteiger partial charge in [0.25, 0.3) is 5.91 Å². The van der Waals surface area contributed by atoms with Crippen molar-refractivity contribution in [1.29, 1.82) is 0 Å². The second-order valence-electron chi connectivity index (χ2n) is 5.37. The molecule has 1 N–H and O–H groups in total. The summed E-state index contributed by atoms with van der Waals surface area (Å²) < 4.78 is 5.37. The van der Waals surface area contributed by atoms with Gasteiger partial charge in [-0.05, 0) is 39.0 Å². The van der Waals surface area contributed by atoms with Crippen LogP contribution >= 0.6 is 0 Å². The van der Waals surface area contributed by atoms with Crippen LogP contribution in [-0.2, 0) is 14.3 Å². The Morgan fingerprint density at radius 1 is 1.42 bits per heavy atom. The number of carbonyl (C=O) groups excluding carboxylic acids is 1. The highest BCUT2D eigenvalue weighted by atomic mass is 16.5. The van der Waals surface area contributed by atoms with Gasteiger partial charge < -0.3 is 14.7 Å². The van der Waals surface area contributed by atoms with Crippen LogP contribution in [0.3, 0.4) is 0 Å². The second-order valence-corrected chi connectivity index (χ2v) is 5.37. The fraction of sp³-hybridized carbons (Fsp3) is 0.857. The minimum atomic E-state index is -0.803. The van der Waals surface area contributed by atoms with Gasteiger partial charge in [-0.1, -0.05) is 6.92 Å². The van der Waals surface area contributed by atoms with Gasteiger partial charge in [0.2, 0.25) is 0 Å². The van der Waals surface area contributed by atoms with E-state index in [1.54, 1.807) is 14.0 Å². The van der Waals surface area contributed by atoms with Gasteiger partial charge in [0, 0.05) is 26.1 Å². The number of ether oxygens (including phenoxy) is 1. The lowest BCUT2D eigenvalue weighted by atomic mass is 9.93. The van der Waals surface area contributed by atoms with Crippen LogP contribution < -0.4 is 0 Å². The fourth-order valence-corrected chi connectivity index (χ4v) is 2.54. The Bertz CT molecular complexity index is 325. The van der Waals surface area contributed by atoms with E-state index >= 15 is 0 Å². The lowest BCUT2D eigenvalue weighted by molar-refractivity contribution is -0.158. The van der Waals surface area contributed by atoms with Crippen molar-refractivity contribution in [2.45, 2.75) is 64.0 Å². The van der Waals surface area contributed by atoms with Crippen LogP contribution in [0, 0.1) is 0 Å². The molecule has 0 radical (unpaired) electrons. The van der Waals surface area contributed by atoms with E-state index in [0.29, 0.717) is 19.4 Å². The van der Waals surface area contributed by atoms with Crippen LogP contribution in [-0.4, -0.2) is 47.2 Å². The van der Waals surface area contributed by atoms with Gasteiger partial charge in [-0.2, -0.15) is 0 Å². The van der Waals surface area contributed by atoms with Gasteiger partial charge in [-0.3, -0.25) is 9.59 Å². The average molecular weight is 271 g/mol. The molecular formula is C14H25NO4. The third kappa shape index (κ3) is 3.93. The fourth-order valence-electron chi connectivity index (χ4n) is 2.54. The summed E-state index contributed by atoms with van der Waals surface area (Å²) in [5, 5.41) is 8.79. The third-order valence-corrected chi connectivity index (χ3v) is 4.16. The van der Waals surface area contributed by atoms with Crippen LogP contribution in [0.4, 0.5) is 0 Å². The van der Waals surface area contributed by atoms with Crippen molar-refractivity contribution >= 4 is 11.9 Å². The summed E-state index contributed by atoms with van der Waals surface area (Å²) >= 11 is 0. The molecule has 0 aliphatic carbocycles. The van der Waals surface area contributed by atoms with E-state index < -0.39 is 11.6 Å². The number of nitrogens with zero attached hydrogens (tertiary/aromatic N) is 1. The Hall–Kier alpha value is -1.10. The molecule has 0 aromatic rings. The molecule has 19 heavy (non-hydrogen) atoms. The van der Waals surface area contributed by atoms with Crippen molar-refractivity contribution in [1.82, 2.24) is 4.90 Å². The third-order valence-electron chi connectivity index (χ3n) is 4.16. The zero-order chi connectivity index (χ0) is 14.5. The van der Waals surface area contributed by atoms with Crippen LogP contribution in [0.2, 0.25) is 0 Å². The number of amides is 1. The normalized spacial score (nSPS) is 22.9. The lowest BCUT2D eigenvalue weighted by Crippen LogP contribution is -2.53. The van der Waals surface area contributed by atoms with Crippen molar-refractivity contribution in [2.24, 2.45) is 0 Å². The molecule has 0 aromatic heterocycles. The standard InChI is InChI=1S/C14H25NO4/c1-4-14(2,19-3)13(18)15-10-6-5-7-11(15)8-9-12(16)17/h11H,4-10H2,1-3H3,(H,16,17). The zero-order valence-electron chi connectivity index (χ0n) is 12.1. The molecule has 1 aliphatic heterocycles. The Balaban J connectivity index is 2.75. The molecule has 2 unspecified atom stereocenters. The Labute approximate surface area is 114 Å². The molecule has 1 aliphatic rings. The smallest absolute Gasteiger partial charge is 0.303 e. The van der Waals surface area contributed by atoms with Crippen LogP contribution in [0.15, 0.2) is 0 Å². The molecule has 110 valence electrons. The molecule has 5 heteroatoms. The molecule has 1 fully saturated rings. The highest BCUT2D eigenvalue weighted by Gasteiger charge is 2.38. The number of likely N-dealkylation sites (tertiary alicyclic amines) is 1. The number of piperidine rings is 1. The summed E-state index contributed by atoms with van der Waals surface area (Å²) in [6, 6.07) is 0.0402. The van der Waals surface area contributed by atoms with E-state index in [9.17, 15) is 9.59 Å². The van der Waals surface area contributed by atoms with E-state index in [-0.39, 0.29) is 18.4 Å². The Kier molecular flexibility index (Phi) is 5.79. The highest BCUT2D eigenvalue weighted by Crippen LogP contribution is 2.26. The summed E-state index contributed by atoms with van der Waals surface area (Å²) in [4.78, 5) is 25.1. The molecule has 1 saturated heterocycles. The summed E-state index contributed by atoms with van der Waals surface area (Å²) in [6.45, 7) is 4.44. The lowest BCUT2D eigenvalue weighted by Gasteiger charge is -2.40. The number of rotatable bonds is 6. The van der Waals surface area contributed by atoms with Crippen molar-refractivity contribution < 1.29 is 19.4 Å². The second kappa shape index (κ2) is 6.89. The van der Waals surface area contributed by atoms with Gasteiger partial charge in [-0.15, -0.1) is 0 Å². The molecule has 1 rings (SSSR count). The molecule has 2 atom stereocenters. The first-order valence-electron chi connectivity index (χ1n) is 7.02. The number of carbonyl (C=O) groups is 2. The largest absolute Gasteiger partial charge is 0.481 e. The molecule has 0 aromatic carbocycles. The number of carboxylic acid groups (broad SMARTS) is 1. The first-order chi connectivity index (χ1) is 8.94. The number of hydrogen-bond donors (Lipinski definition) is 1. The van der Waals surface area contributed by atoms with Crippen molar-refractivity contribution in [3.05, 3.63) is 0 Å². The van der Waals surface area contributed by atoms with Gasteiger partial charge in [0.1, 0.15) is 5.60 Å². The monoisotopic (exact) mass is 271 g/mol. The van der Waals surface area contributed by atoms with Gasteiger partial charge in [0.05, 0.1) is 0 Å². The van der Waals surface area contributed by atoms with E-state index in [0.717, 1.165) is 19.3 Å². The van der Waals surface area contributed by atoms with Gasteiger partial charge >= 0.3 is 5.97 Å². The minimum absolute atomic E-state index is 0.00686. The predicted molar refractivity (Wildman–Crippen MR) is 71.9 cm³/mol. The Morgan fingerprint density at radius 2 is 2.11 bits per heavy atom. The topological polar surface area (TPSA) is 66.8 Å². The molecule has 0 spiro atoms. The van der Waals surface area contributed by atoms with E-state index in [1.807, 2.05) is 11.8 Å². The maximum Gasteiger partial charge on any atom is 0.303 e.